The van der Waals surface area contributed by atoms with Crippen molar-refractivity contribution in [2.75, 3.05) is 9.44 Å². The molecule has 1 aromatic carbocycles. The molecule has 0 aliphatic carbocycles. The molecule has 0 spiro atoms. The van der Waals surface area contributed by atoms with Gasteiger partial charge in [-0.1, -0.05) is 11.6 Å². The van der Waals surface area contributed by atoms with Crippen molar-refractivity contribution in [1.82, 2.24) is 9.97 Å². The Hall–Kier alpha value is -2.21. The van der Waals surface area contributed by atoms with E-state index >= 15 is 0 Å². The minimum atomic E-state index is -3.92. The predicted molar refractivity (Wildman–Crippen MR) is 109 cm³/mol. The molecule has 8 nitrogen and oxygen atoms in total. The maximum atomic E-state index is 12.5. The van der Waals surface area contributed by atoms with Crippen LogP contribution in [0.2, 0.25) is 4.34 Å². The Bertz CT molecular complexity index is 1200. The van der Waals surface area contributed by atoms with E-state index in [1.54, 1.807) is 19.9 Å². The molecule has 0 aliphatic heterocycles. The highest BCUT2D eigenvalue weighted by Gasteiger charge is 2.19. The van der Waals surface area contributed by atoms with Gasteiger partial charge in [0.25, 0.3) is 20.0 Å². The number of hydrogen-bond donors (Lipinski definition) is 2. The first-order chi connectivity index (χ1) is 13.0. The number of rotatable bonds is 6. The lowest BCUT2D eigenvalue weighted by Gasteiger charge is -2.10. The first kappa shape index (κ1) is 20.5. The van der Waals surface area contributed by atoms with Crippen LogP contribution in [0.1, 0.15) is 11.4 Å². The molecule has 0 aliphatic rings. The molecule has 0 radical (unpaired) electrons. The Kier molecular flexibility index (Phi) is 5.62. The van der Waals surface area contributed by atoms with E-state index in [0.29, 0.717) is 15.7 Å². The van der Waals surface area contributed by atoms with Crippen LogP contribution in [0.3, 0.4) is 0 Å². The number of halogens is 1. The zero-order chi connectivity index (χ0) is 20.5. The molecule has 0 fully saturated rings. The van der Waals surface area contributed by atoms with Crippen LogP contribution < -0.4 is 9.44 Å². The van der Waals surface area contributed by atoms with Gasteiger partial charge in [0.2, 0.25) is 5.95 Å². The second kappa shape index (κ2) is 7.66. The van der Waals surface area contributed by atoms with Crippen LogP contribution in [0.5, 0.6) is 0 Å². The molecule has 0 saturated heterocycles. The van der Waals surface area contributed by atoms with Gasteiger partial charge in [-0.3, -0.25) is 4.72 Å². The topological polar surface area (TPSA) is 118 Å². The molecule has 0 unspecified atom stereocenters. The van der Waals surface area contributed by atoms with Crippen LogP contribution in [-0.4, -0.2) is 26.8 Å². The zero-order valence-corrected chi connectivity index (χ0v) is 17.9. The summed E-state index contributed by atoms with van der Waals surface area (Å²) in [7, 11) is -7.73. The Morgan fingerprint density at radius 1 is 0.857 bits per heavy atom. The Balaban J connectivity index is 1.79. The van der Waals surface area contributed by atoms with Gasteiger partial charge in [-0.25, -0.2) is 31.5 Å². The second-order valence-electron chi connectivity index (χ2n) is 5.80. The quantitative estimate of drug-likeness (QED) is 0.584. The highest BCUT2D eigenvalue weighted by atomic mass is 35.5. The number of anilines is 2. The third-order valence-electron chi connectivity index (χ3n) is 3.48. The molecule has 2 aromatic heterocycles. The van der Waals surface area contributed by atoms with Crippen LogP contribution in [-0.2, 0) is 20.0 Å². The van der Waals surface area contributed by atoms with Gasteiger partial charge in [0.1, 0.15) is 0 Å². The fourth-order valence-corrected chi connectivity index (χ4v) is 5.62. The summed E-state index contributed by atoms with van der Waals surface area (Å²) in [5.41, 5.74) is 1.47. The number of thiophene rings is 1. The molecule has 3 aromatic rings. The number of sulfonamides is 2. The van der Waals surface area contributed by atoms with Crippen LogP contribution in [0.15, 0.2) is 51.6 Å². The molecule has 148 valence electrons. The van der Waals surface area contributed by atoms with Gasteiger partial charge in [-0.15, -0.1) is 11.3 Å². The third-order valence-corrected chi connectivity index (χ3v) is 7.42. The highest BCUT2D eigenvalue weighted by Crippen LogP contribution is 2.26. The van der Waals surface area contributed by atoms with Gasteiger partial charge in [0.05, 0.1) is 14.1 Å². The Morgan fingerprint density at radius 2 is 1.43 bits per heavy atom. The van der Waals surface area contributed by atoms with E-state index in [-0.39, 0.29) is 21.4 Å². The van der Waals surface area contributed by atoms with E-state index in [1.807, 2.05) is 0 Å². The predicted octanol–water partition coefficient (Wildman–Crippen LogP) is 3.41. The maximum Gasteiger partial charge on any atom is 0.264 e. The molecular weight excluding hydrogens is 444 g/mol. The van der Waals surface area contributed by atoms with Crippen molar-refractivity contribution < 1.29 is 16.8 Å². The number of nitrogens with one attached hydrogen (secondary N) is 2. The lowest BCUT2D eigenvalue weighted by molar-refractivity contribution is 0.600. The monoisotopic (exact) mass is 458 g/mol. The summed E-state index contributed by atoms with van der Waals surface area (Å²) < 4.78 is 54.6. The van der Waals surface area contributed by atoms with Gasteiger partial charge in [-0.2, -0.15) is 0 Å². The SMILES string of the molecule is Cc1cc(C)nc(NS(=O)(=O)c2ccc(NS(=O)(=O)c3csc(Cl)c3)cc2)n1. The molecule has 0 bridgehead atoms. The van der Waals surface area contributed by atoms with E-state index in [9.17, 15) is 16.8 Å². The molecule has 12 heteroatoms. The molecule has 3 rings (SSSR count). The molecule has 0 atom stereocenters. The van der Waals surface area contributed by atoms with Gasteiger partial charge >= 0.3 is 0 Å². The Labute approximate surface area is 171 Å². The van der Waals surface area contributed by atoms with E-state index in [4.69, 9.17) is 11.6 Å². The highest BCUT2D eigenvalue weighted by molar-refractivity contribution is 7.93. The van der Waals surface area contributed by atoms with Gasteiger partial charge in [0.15, 0.2) is 0 Å². The average molecular weight is 459 g/mol. The van der Waals surface area contributed by atoms with Crippen molar-refractivity contribution in [3.8, 4) is 0 Å². The summed E-state index contributed by atoms with van der Waals surface area (Å²) in [4.78, 5) is 8.06. The smallest absolute Gasteiger partial charge is 0.264 e. The van der Waals surface area contributed by atoms with Crippen LogP contribution in [0.25, 0.3) is 0 Å². The Morgan fingerprint density at radius 3 is 1.96 bits per heavy atom. The molecule has 2 heterocycles. The molecule has 28 heavy (non-hydrogen) atoms. The third kappa shape index (κ3) is 4.79. The minimum absolute atomic E-state index is 0.0309. The molecular formula is C16H15ClN4O4S3. The van der Waals surface area contributed by atoms with E-state index in [1.165, 1.54) is 35.7 Å². The number of benzene rings is 1. The number of nitrogens with zero attached hydrogens (tertiary/aromatic N) is 2. The van der Waals surface area contributed by atoms with Crippen LogP contribution in [0.4, 0.5) is 11.6 Å². The van der Waals surface area contributed by atoms with Crippen LogP contribution in [0, 0.1) is 13.8 Å². The fourth-order valence-electron chi connectivity index (χ4n) is 2.30. The van der Waals surface area contributed by atoms with Gasteiger partial charge in [-0.05, 0) is 50.2 Å². The number of aryl methyl sites for hydroxylation is 2. The van der Waals surface area contributed by atoms with E-state index in [2.05, 4.69) is 19.4 Å². The summed E-state index contributed by atoms with van der Waals surface area (Å²) in [5.74, 6) is -0.0309. The van der Waals surface area contributed by atoms with Crippen molar-refractivity contribution in [2.45, 2.75) is 23.6 Å². The fraction of sp³-hybridized carbons (Fsp3) is 0.125. The number of aromatic nitrogens is 2. The summed E-state index contributed by atoms with van der Waals surface area (Å²) in [6.45, 7) is 3.46. The summed E-state index contributed by atoms with van der Waals surface area (Å²) in [5, 5.41) is 1.41. The van der Waals surface area contributed by atoms with Crippen molar-refractivity contribution in [3.63, 3.8) is 0 Å². The van der Waals surface area contributed by atoms with E-state index in [0.717, 1.165) is 11.3 Å². The summed E-state index contributed by atoms with van der Waals surface area (Å²) in [6, 6.07) is 8.32. The van der Waals surface area contributed by atoms with Crippen molar-refractivity contribution >= 4 is 54.6 Å². The van der Waals surface area contributed by atoms with Crippen LogP contribution >= 0.6 is 22.9 Å². The van der Waals surface area contributed by atoms with Crippen molar-refractivity contribution in [1.29, 1.82) is 0 Å². The first-order valence-corrected chi connectivity index (χ1v) is 12.0. The maximum absolute atomic E-state index is 12.5. The van der Waals surface area contributed by atoms with E-state index < -0.39 is 20.0 Å². The summed E-state index contributed by atoms with van der Waals surface area (Å²) in [6.07, 6.45) is 0. The van der Waals surface area contributed by atoms with Crippen molar-refractivity contribution in [3.05, 3.63) is 57.5 Å². The van der Waals surface area contributed by atoms with Gasteiger partial charge in [0, 0.05) is 22.5 Å². The normalized spacial score (nSPS) is 12.0. The lowest BCUT2D eigenvalue weighted by Crippen LogP contribution is -2.16. The lowest BCUT2D eigenvalue weighted by atomic mass is 10.3. The summed E-state index contributed by atoms with van der Waals surface area (Å²) >= 11 is 6.87. The second-order valence-corrected chi connectivity index (χ2v) is 10.7. The average Bonchev–Trinajstić information content (AvgIpc) is 3.01. The molecule has 0 amide bonds. The first-order valence-electron chi connectivity index (χ1n) is 7.77. The molecule has 0 saturated carbocycles. The molecule has 2 N–H and O–H groups in total. The number of hydrogen-bond acceptors (Lipinski definition) is 7. The largest absolute Gasteiger partial charge is 0.280 e. The van der Waals surface area contributed by atoms with Gasteiger partial charge < -0.3 is 0 Å². The zero-order valence-electron chi connectivity index (χ0n) is 14.7. The standard InChI is InChI=1S/C16H15ClN4O4S3/c1-10-7-11(2)19-16(18-10)21-27(22,23)13-5-3-12(4-6-13)20-28(24,25)14-8-15(17)26-9-14/h3-9,20H,1-2H3,(H,18,19,21). The minimum Gasteiger partial charge on any atom is -0.280 e. The van der Waals surface area contributed by atoms with Crippen molar-refractivity contribution in [2.24, 2.45) is 0 Å².